The lowest BCUT2D eigenvalue weighted by atomic mass is 10.0. The highest BCUT2D eigenvalue weighted by Crippen LogP contribution is 2.24. The van der Waals surface area contributed by atoms with Gasteiger partial charge in [0.1, 0.15) is 5.75 Å². The number of pyridine rings is 1. The van der Waals surface area contributed by atoms with Crippen molar-refractivity contribution in [3.63, 3.8) is 0 Å². The number of ether oxygens (including phenoxy) is 1. The van der Waals surface area contributed by atoms with Gasteiger partial charge in [-0.2, -0.15) is 0 Å². The number of hydrogen-bond donors (Lipinski definition) is 2. The molecule has 0 saturated carbocycles. The Morgan fingerprint density at radius 3 is 2.45 bits per heavy atom. The molecule has 0 aliphatic carbocycles. The molecule has 0 fully saturated rings. The normalized spacial score (nSPS) is 10.8. The van der Waals surface area contributed by atoms with Crippen molar-refractivity contribution in [1.82, 2.24) is 9.88 Å². The van der Waals surface area contributed by atoms with Gasteiger partial charge < -0.3 is 19.9 Å². The van der Waals surface area contributed by atoms with Crippen molar-refractivity contribution in [1.29, 1.82) is 0 Å². The van der Waals surface area contributed by atoms with Gasteiger partial charge in [0.05, 0.1) is 19.3 Å². The number of carbonyl (C=O) groups excluding carboxylic acids is 1. The molecule has 6 heteroatoms. The van der Waals surface area contributed by atoms with E-state index >= 15 is 0 Å². The molecule has 6 nitrogen and oxygen atoms in total. The van der Waals surface area contributed by atoms with Crippen LogP contribution in [0.1, 0.15) is 22.3 Å². The smallest absolute Gasteiger partial charge is 0.322 e. The molecule has 3 aromatic carbocycles. The summed E-state index contributed by atoms with van der Waals surface area (Å²) in [6.07, 6.45) is 0. The van der Waals surface area contributed by atoms with Gasteiger partial charge in [-0.3, -0.25) is 4.79 Å². The summed E-state index contributed by atoms with van der Waals surface area (Å²) >= 11 is 0. The Morgan fingerprint density at radius 1 is 0.970 bits per heavy atom. The zero-order valence-electron chi connectivity index (χ0n) is 19.0. The van der Waals surface area contributed by atoms with Crippen LogP contribution in [0.2, 0.25) is 0 Å². The summed E-state index contributed by atoms with van der Waals surface area (Å²) in [5.74, 6) is 0.569. The number of nitrogens with zero attached hydrogens (tertiary/aromatic N) is 1. The van der Waals surface area contributed by atoms with Gasteiger partial charge in [-0.25, -0.2) is 4.79 Å². The monoisotopic (exact) mass is 441 g/mol. The largest absolute Gasteiger partial charge is 0.495 e. The molecule has 0 unspecified atom stereocenters. The maximum atomic E-state index is 13.3. The number of aromatic amines is 1. The van der Waals surface area contributed by atoms with Crippen LogP contribution in [0.25, 0.3) is 10.9 Å². The SMILES string of the molecule is COc1ccccc1NC(=O)N(Cc1ccccc1)Cc1cc2c(C)cc(C)cc2[nH]c1=O. The molecule has 0 atom stereocenters. The molecule has 0 aliphatic heterocycles. The standard InChI is InChI=1S/C27H27N3O3/c1-18-13-19(2)22-15-21(26(31)28-24(22)14-18)17-30(16-20-9-5-4-6-10-20)27(32)29-23-11-7-8-12-25(23)33-3/h4-15H,16-17H2,1-3H3,(H,28,31)(H,29,32). The Kier molecular flexibility index (Phi) is 6.45. The van der Waals surface area contributed by atoms with Gasteiger partial charge in [-0.05, 0) is 54.8 Å². The second-order valence-electron chi connectivity index (χ2n) is 8.14. The number of amides is 2. The fourth-order valence-corrected chi connectivity index (χ4v) is 3.98. The van der Waals surface area contributed by atoms with E-state index in [1.54, 1.807) is 24.1 Å². The van der Waals surface area contributed by atoms with E-state index < -0.39 is 0 Å². The van der Waals surface area contributed by atoms with E-state index in [1.807, 2.05) is 68.4 Å². The van der Waals surface area contributed by atoms with Crippen molar-refractivity contribution in [3.8, 4) is 5.75 Å². The third-order valence-corrected chi connectivity index (χ3v) is 5.60. The maximum Gasteiger partial charge on any atom is 0.322 e. The van der Waals surface area contributed by atoms with Gasteiger partial charge in [0, 0.05) is 23.0 Å². The van der Waals surface area contributed by atoms with E-state index in [0.717, 1.165) is 27.6 Å². The average Bonchev–Trinajstić information content (AvgIpc) is 2.80. The molecule has 0 bridgehead atoms. The summed E-state index contributed by atoms with van der Waals surface area (Å²) in [6.45, 7) is 4.54. The Balaban J connectivity index is 1.68. The van der Waals surface area contributed by atoms with Crippen molar-refractivity contribution in [2.45, 2.75) is 26.9 Å². The fraction of sp³-hybridized carbons (Fsp3) is 0.185. The van der Waals surface area contributed by atoms with Crippen LogP contribution in [-0.2, 0) is 13.1 Å². The van der Waals surface area contributed by atoms with Crippen molar-refractivity contribution in [3.05, 3.63) is 105 Å². The molecule has 0 aliphatic rings. The number of benzene rings is 3. The maximum absolute atomic E-state index is 13.3. The zero-order chi connectivity index (χ0) is 23.4. The summed E-state index contributed by atoms with van der Waals surface area (Å²) in [5.41, 5.74) is 4.84. The first kappa shape index (κ1) is 22.1. The Hall–Kier alpha value is -4.06. The third-order valence-electron chi connectivity index (χ3n) is 5.60. The lowest BCUT2D eigenvalue weighted by Gasteiger charge is -2.24. The van der Waals surface area contributed by atoms with Crippen LogP contribution in [0.4, 0.5) is 10.5 Å². The number of fused-ring (bicyclic) bond motifs is 1. The number of methoxy groups -OCH3 is 1. The number of hydrogen-bond acceptors (Lipinski definition) is 3. The number of rotatable bonds is 6. The Labute approximate surface area is 192 Å². The summed E-state index contributed by atoms with van der Waals surface area (Å²) in [5, 5.41) is 3.90. The van der Waals surface area contributed by atoms with Gasteiger partial charge in [0.2, 0.25) is 0 Å². The molecule has 0 spiro atoms. The summed E-state index contributed by atoms with van der Waals surface area (Å²) in [4.78, 5) is 30.8. The molecular weight excluding hydrogens is 414 g/mol. The van der Waals surface area contributed by atoms with Crippen molar-refractivity contribution < 1.29 is 9.53 Å². The van der Waals surface area contributed by atoms with E-state index in [1.165, 1.54) is 0 Å². The minimum absolute atomic E-state index is 0.161. The number of urea groups is 1. The second kappa shape index (κ2) is 9.61. The first-order chi connectivity index (χ1) is 15.9. The van der Waals surface area contributed by atoms with Crippen LogP contribution in [0, 0.1) is 13.8 Å². The van der Waals surface area contributed by atoms with E-state index in [9.17, 15) is 9.59 Å². The zero-order valence-corrected chi connectivity index (χ0v) is 19.0. The number of aromatic nitrogens is 1. The average molecular weight is 442 g/mol. The predicted octanol–water partition coefficient (Wildman–Crippen LogP) is 5.39. The van der Waals surface area contributed by atoms with Crippen LogP contribution >= 0.6 is 0 Å². The van der Waals surface area contributed by atoms with Crippen LogP contribution < -0.4 is 15.6 Å². The second-order valence-corrected chi connectivity index (χ2v) is 8.14. The molecule has 1 aromatic heterocycles. The topological polar surface area (TPSA) is 74.4 Å². The first-order valence-corrected chi connectivity index (χ1v) is 10.8. The van der Waals surface area contributed by atoms with Gasteiger partial charge in [-0.1, -0.05) is 48.5 Å². The summed E-state index contributed by atoms with van der Waals surface area (Å²) in [6, 6.07) is 22.6. The van der Waals surface area contributed by atoms with E-state index in [0.29, 0.717) is 23.5 Å². The number of anilines is 1. The molecule has 2 amide bonds. The van der Waals surface area contributed by atoms with E-state index in [-0.39, 0.29) is 18.1 Å². The molecule has 1 heterocycles. The van der Waals surface area contributed by atoms with Crippen molar-refractivity contribution in [2.75, 3.05) is 12.4 Å². The van der Waals surface area contributed by atoms with Crippen LogP contribution in [-0.4, -0.2) is 23.0 Å². The number of H-pyrrole nitrogens is 1. The molecule has 33 heavy (non-hydrogen) atoms. The molecule has 0 saturated heterocycles. The summed E-state index contributed by atoms with van der Waals surface area (Å²) < 4.78 is 5.36. The van der Waals surface area contributed by atoms with Gasteiger partial charge in [0.15, 0.2) is 0 Å². The Morgan fingerprint density at radius 2 is 1.70 bits per heavy atom. The summed E-state index contributed by atoms with van der Waals surface area (Å²) in [7, 11) is 1.56. The number of carbonyl (C=O) groups is 1. The molecular formula is C27H27N3O3. The minimum Gasteiger partial charge on any atom is -0.495 e. The molecule has 2 N–H and O–H groups in total. The van der Waals surface area contributed by atoms with Crippen molar-refractivity contribution in [2.24, 2.45) is 0 Å². The molecule has 0 radical (unpaired) electrons. The lowest BCUT2D eigenvalue weighted by molar-refractivity contribution is 0.206. The molecule has 4 aromatic rings. The lowest BCUT2D eigenvalue weighted by Crippen LogP contribution is -2.35. The highest BCUT2D eigenvalue weighted by Gasteiger charge is 2.18. The molecule has 168 valence electrons. The van der Waals surface area contributed by atoms with Crippen LogP contribution in [0.5, 0.6) is 5.75 Å². The van der Waals surface area contributed by atoms with Crippen LogP contribution in [0.3, 0.4) is 0 Å². The number of aryl methyl sites for hydroxylation is 2. The van der Waals surface area contributed by atoms with Gasteiger partial charge in [-0.15, -0.1) is 0 Å². The highest BCUT2D eigenvalue weighted by molar-refractivity contribution is 5.91. The minimum atomic E-state index is -0.316. The van der Waals surface area contributed by atoms with Gasteiger partial charge in [0.25, 0.3) is 5.56 Å². The molecule has 4 rings (SSSR count). The third kappa shape index (κ3) is 5.06. The number of nitrogens with one attached hydrogen (secondary N) is 2. The predicted molar refractivity (Wildman–Crippen MR) is 132 cm³/mol. The first-order valence-electron chi connectivity index (χ1n) is 10.8. The fourth-order valence-electron chi connectivity index (χ4n) is 3.98. The van der Waals surface area contributed by atoms with Crippen LogP contribution in [0.15, 0.2) is 77.6 Å². The number of para-hydroxylation sites is 2. The quantitative estimate of drug-likeness (QED) is 0.421. The van der Waals surface area contributed by atoms with Gasteiger partial charge >= 0.3 is 6.03 Å². The Bertz CT molecular complexity index is 1350. The van der Waals surface area contributed by atoms with E-state index in [2.05, 4.69) is 16.4 Å². The van der Waals surface area contributed by atoms with E-state index in [4.69, 9.17) is 4.74 Å². The highest BCUT2D eigenvalue weighted by atomic mass is 16.5. The van der Waals surface area contributed by atoms with Crippen molar-refractivity contribution >= 4 is 22.6 Å².